The second-order valence-corrected chi connectivity index (χ2v) is 5.05. The molecule has 0 spiro atoms. The second-order valence-electron chi connectivity index (χ2n) is 5.05. The van der Waals surface area contributed by atoms with E-state index in [2.05, 4.69) is 10.6 Å². The van der Waals surface area contributed by atoms with E-state index < -0.39 is 5.54 Å². The van der Waals surface area contributed by atoms with Crippen LogP contribution in [-0.2, 0) is 4.79 Å². The van der Waals surface area contributed by atoms with Crippen molar-refractivity contribution < 1.29 is 9.53 Å². The van der Waals surface area contributed by atoms with Gasteiger partial charge in [-0.05, 0) is 33.4 Å². The third-order valence-electron chi connectivity index (χ3n) is 3.42. The highest BCUT2D eigenvalue weighted by molar-refractivity contribution is 5.85. The molecule has 0 aliphatic carbocycles. The highest BCUT2D eigenvalue weighted by atomic mass is 16.5. The minimum Gasteiger partial charge on any atom is -0.496 e. The maximum Gasteiger partial charge on any atom is 0.240 e. The van der Waals surface area contributed by atoms with Gasteiger partial charge in [-0.2, -0.15) is 0 Å². The first-order chi connectivity index (χ1) is 8.96. The minimum atomic E-state index is -0.588. The Morgan fingerprint density at radius 2 is 2.00 bits per heavy atom. The molecule has 2 N–H and O–H groups in total. The van der Waals surface area contributed by atoms with E-state index in [0.29, 0.717) is 0 Å². The van der Waals surface area contributed by atoms with Crippen molar-refractivity contribution in [3.8, 4) is 5.75 Å². The molecule has 0 bridgehead atoms. The smallest absolute Gasteiger partial charge is 0.240 e. The molecule has 0 saturated carbocycles. The number of carbonyl (C=O) groups is 1. The number of hydrogen-bond donors (Lipinski definition) is 2. The highest BCUT2D eigenvalue weighted by Gasteiger charge is 2.27. The summed E-state index contributed by atoms with van der Waals surface area (Å²) in [5, 5.41) is 6.07. The van der Waals surface area contributed by atoms with Crippen LogP contribution in [0.15, 0.2) is 24.3 Å². The number of amides is 1. The van der Waals surface area contributed by atoms with Crippen LogP contribution in [0.25, 0.3) is 0 Å². The molecular weight excluding hydrogens is 240 g/mol. The number of likely N-dealkylation sites (N-methyl/N-ethyl adjacent to an activating group) is 1. The van der Waals surface area contributed by atoms with Gasteiger partial charge in [0, 0.05) is 5.56 Å². The lowest BCUT2D eigenvalue weighted by atomic mass is 10.00. The quantitative estimate of drug-likeness (QED) is 0.828. The molecule has 1 atom stereocenters. The zero-order valence-electron chi connectivity index (χ0n) is 12.4. The van der Waals surface area contributed by atoms with Crippen molar-refractivity contribution in [2.45, 2.75) is 38.8 Å². The van der Waals surface area contributed by atoms with Crippen LogP contribution in [0.1, 0.15) is 38.8 Å². The number of benzene rings is 1. The maximum atomic E-state index is 12.2. The van der Waals surface area contributed by atoms with Crippen molar-refractivity contribution in [2.75, 3.05) is 14.2 Å². The predicted molar refractivity (Wildman–Crippen MR) is 77.3 cm³/mol. The molecule has 0 aliphatic heterocycles. The fourth-order valence-electron chi connectivity index (χ4n) is 1.81. The second kappa shape index (κ2) is 6.57. The van der Waals surface area contributed by atoms with E-state index in [4.69, 9.17) is 4.74 Å². The summed E-state index contributed by atoms with van der Waals surface area (Å²) in [6.45, 7) is 5.76. The van der Waals surface area contributed by atoms with E-state index in [9.17, 15) is 4.79 Å². The van der Waals surface area contributed by atoms with Gasteiger partial charge in [0.15, 0.2) is 0 Å². The Labute approximate surface area is 115 Å². The van der Waals surface area contributed by atoms with E-state index in [1.807, 2.05) is 45.0 Å². The molecule has 4 nitrogen and oxygen atoms in total. The zero-order chi connectivity index (χ0) is 14.5. The van der Waals surface area contributed by atoms with E-state index in [-0.39, 0.29) is 11.9 Å². The summed E-state index contributed by atoms with van der Waals surface area (Å²) < 4.78 is 5.35. The Bertz CT molecular complexity index is 430. The van der Waals surface area contributed by atoms with Crippen LogP contribution in [0.3, 0.4) is 0 Å². The Hall–Kier alpha value is -1.55. The van der Waals surface area contributed by atoms with Crippen LogP contribution in [0.5, 0.6) is 5.75 Å². The van der Waals surface area contributed by atoms with Gasteiger partial charge in [-0.1, -0.05) is 25.1 Å². The molecule has 0 saturated heterocycles. The van der Waals surface area contributed by atoms with Gasteiger partial charge in [-0.15, -0.1) is 0 Å². The molecule has 1 aromatic rings. The molecule has 0 radical (unpaired) electrons. The van der Waals surface area contributed by atoms with Gasteiger partial charge in [-0.3, -0.25) is 4.79 Å². The van der Waals surface area contributed by atoms with E-state index in [0.717, 1.165) is 17.7 Å². The molecule has 0 aliphatic rings. The predicted octanol–water partition coefficient (Wildman–Crippen LogP) is 2.26. The summed E-state index contributed by atoms with van der Waals surface area (Å²) in [6.07, 6.45) is 0.811. The van der Waals surface area contributed by atoms with Gasteiger partial charge in [-0.25, -0.2) is 0 Å². The van der Waals surface area contributed by atoms with Crippen molar-refractivity contribution >= 4 is 5.91 Å². The lowest BCUT2D eigenvalue weighted by Crippen LogP contribution is -2.51. The summed E-state index contributed by atoms with van der Waals surface area (Å²) in [5.41, 5.74) is 0.419. The van der Waals surface area contributed by atoms with Gasteiger partial charge in [0.25, 0.3) is 0 Å². The first-order valence-electron chi connectivity index (χ1n) is 6.59. The largest absolute Gasteiger partial charge is 0.496 e. The van der Waals surface area contributed by atoms with Gasteiger partial charge < -0.3 is 15.4 Å². The molecule has 1 rings (SSSR count). The van der Waals surface area contributed by atoms with Crippen LogP contribution in [-0.4, -0.2) is 25.6 Å². The lowest BCUT2D eigenvalue weighted by Gasteiger charge is -2.27. The maximum absolute atomic E-state index is 12.2. The highest BCUT2D eigenvalue weighted by Crippen LogP contribution is 2.27. The number of nitrogens with one attached hydrogen (secondary N) is 2. The molecule has 1 amide bonds. The average molecular weight is 264 g/mol. The van der Waals surface area contributed by atoms with Crippen molar-refractivity contribution in [3.63, 3.8) is 0 Å². The van der Waals surface area contributed by atoms with E-state index in [1.54, 1.807) is 14.2 Å². The number of rotatable bonds is 6. The molecule has 1 aromatic carbocycles. The Kier molecular flexibility index (Phi) is 5.36. The van der Waals surface area contributed by atoms with Gasteiger partial charge >= 0.3 is 0 Å². The first-order valence-corrected chi connectivity index (χ1v) is 6.59. The van der Waals surface area contributed by atoms with Crippen molar-refractivity contribution in [3.05, 3.63) is 29.8 Å². The Morgan fingerprint density at radius 1 is 1.37 bits per heavy atom. The van der Waals surface area contributed by atoms with Gasteiger partial charge in [0.2, 0.25) is 5.91 Å². The molecule has 19 heavy (non-hydrogen) atoms. The van der Waals surface area contributed by atoms with Crippen LogP contribution in [0.4, 0.5) is 0 Å². The molecular formula is C15H24N2O2. The number of ether oxygens (including phenoxy) is 1. The van der Waals surface area contributed by atoms with Crippen molar-refractivity contribution in [1.29, 1.82) is 0 Å². The third kappa shape index (κ3) is 3.70. The average Bonchev–Trinajstić information content (AvgIpc) is 2.44. The number of methoxy groups -OCH3 is 1. The number of para-hydroxylation sites is 1. The minimum absolute atomic E-state index is 0.0206. The topological polar surface area (TPSA) is 50.4 Å². The molecule has 0 heterocycles. The summed E-state index contributed by atoms with van der Waals surface area (Å²) >= 11 is 0. The summed E-state index contributed by atoms with van der Waals surface area (Å²) in [4.78, 5) is 12.2. The Morgan fingerprint density at radius 3 is 2.53 bits per heavy atom. The molecule has 0 fully saturated rings. The fraction of sp³-hybridized carbons (Fsp3) is 0.533. The summed E-state index contributed by atoms with van der Waals surface area (Å²) in [5.74, 6) is 0.782. The summed E-state index contributed by atoms with van der Waals surface area (Å²) in [7, 11) is 3.43. The van der Waals surface area contributed by atoms with Crippen LogP contribution < -0.4 is 15.4 Å². The third-order valence-corrected chi connectivity index (χ3v) is 3.42. The zero-order valence-corrected chi connectivity index (χ0v) is 12.4. The van der Waals surface area contributed by atoms with Gasteiger partial charge in [0.1, 0.15) is 5.75 Å². The molecule has 4 heteroatoms. The van der Waals surface area contributed by atoms with Crippen molar-refractivity contribution in [2.24, 2.45) is 0 Å². The molecule has 1 unspecified atom stereocenters. The fourth-order valence-corrected chi connectivity index (χ4v) is 1.81. The monoisotopic (exact) mass is 264 g/mol. The lowest BCUT2D eigenvalue weighted by molar-refractivity contribution is -0.127. The van der Waals surface area contributed by atoms with E-state index >= 15 is 0 Å². The Balaban J connectivity index is 2.93. The number of hydrogen-bond acceptors (Lipinski definition) is 3. The SMILES string of the molecule is CCC(NC(=O)C(C)(C)NC)c1ccccc1OC. The summed E-state index contributed by atoms with van der Waals surface area (Å²) in [6, 6.07) is 7.73. The van der Waals surface area contributed by atoms with Crippen LogP contribution >= 0.6 is 0 Å². The molecule has 0 aromatic heterocycles. The van der Waals surface area contributed by atoms with Crippen LogP contribution in [0.2, 0.25) is 0 Å². The molecule has 106 valence electrons. The number of carbonyl (C=O) groups excluding carboxylic acids is 1. The van der Waals surface area contributed by atoms with Crippen molar-refractivity contribution in [1.82, 2.24) is 10.6 Å². The van der Waals surface area contributed by atoms with Crippen LogP contribution in [0, 0.1) is 0 Å². The van der Waals surface area contributed by atoms with E-state index in [1.165, 1.54) is 0 Å². The standard InChI is InChI=1S/C15H24N2O2/c1-6-12(17-14(18)15(2,3)16-4)11-9-7-8-10-13(11)19-5/h7-10,12,16H,6H2,1-5H3,(H,17,18). The first kappa shape index (κ1) is 15.5. The normalized spacial score (nSPS) is 12.9. The van der Waals surface area contributed by atoms with Gasteiger partial charge in [0.05, 0.1) is 18.7 Å².